The molecule has 2 aliphatic carbocycles. The Morgan fingerprint density at radius 2 is 2.08 bits per heavy atom. The molecular formula is C21H27N3O. The van der Waals surface area contributed by atoms with Crippen LogP contribution in [-0.4, -0.2) is 22.0 Å². The highest BCUT2D eigenvalue weighted by molar-refractivity contribution is 5.76. The first-order valence-corrected chi connectivity index (χ1v) is 9.58. The first-order chi connectivity index (χ1) is 12.3. The Labute approximate surface area is 149 Å². The third-order valence-electron chi connectivity index (χ3n) is 6.00. The highest BCUT2D eigenvalue weighted by Crippen LogP contribution is 2.49. The largest absolute Gasteiger partial charge is 0.356 e. The van der Waals surface area contributed by atoms with Crippen LogP contribution in [-0.2, 0) is 17.8 Å². The normalized spacial score (nSPS) is 24.6. The van der Waals surface area contributed by atoms with E-state index in [4.69, 9.17) is 0 Å². The van der Waals surface area contributed by atoms with Crippen molar-refractivity contribution in [1.29, 1.82) is 0 Å². The number of nitrogens with one attached hydrogen (secondary N) is 1. The predicted molar refractivity (Wildman–Crippen MR) is 98.0 cm³/mol. The molecule has 1 heterocycles. The van der Waals surface area contributed by atoms with Gasteiger partial charge in [-0.05, 0) is 42.6 Å². The quantitative estimate of drug-likeness (QED) is 0.841. The first kappa shape index (κ1) is 16.4. The summed E-state index contributed by atoms with van der Waals surface area (Å²) in [6.45, 7) is 1.50. The summed E-state index contributed by atoms with van der Waals surface area (Å²) < 4.78 is 2.16. The summed E-state index contributed by atoms with van der Waals surface area (Å²) in [7, 11) is 0. The van der Waals surface area contributed by atoms with E-state index in [1.54, 1.807) is 0 Å². The second-order valence-electron chi connectivity index (χ2n) is 7.70. The second kappa shape index (κ2) is 7.42. The van der Waals surface area contributed by atoms with Gasteiger partial charge in [0.05, 0.1) is 0 Å². The molecule has 1 aromatic carbocycles. The van der Waals surface area contributed by atoms with Crippen LogP contribution in [0.4, 0.5) is 0 Å². The smallest absolute Gasteiger partial charge is 0.220 e. The summed E-state index contributed by atoms with van der Waals surface area (Å²) in [4.78, 5) is 16.7. The molecule has 2 aliphatic rings. The van der Waals surface area contributed by atoms with Gasteiger partial charge in [-0.15, -0.1) is 0 Å². The van der Waals surface area contributed by atoms with Crippen molar-refractivity contribution in [2.75, 3.05) is 6.54 Å². The topological polar surface area (TPSA) is 46.9 Å². The Morgan fingerprint density at radius 1 is 1.20 bits per heavy atom. The van der Waals surface area contributed by atoms with Crippen LogP contribution < -0.4 is 5.32 Å². The number of carbonyl (C=O) groups excluding carboxylic acids is 1. The van der Waals surface area contributed by atoms with Gasteiger partial charge in [-0.3, -0.25) is 4.79 Å². The molecule has 25 heavy (non-hydrogen) atoms. The number of imidazole rings is 1. The van der Waals surface area contributed by atoms with Gasteiger partial charge < -0.3 is 9.88 Å². The SMILES string of the molecule is O=C(CC1CC2CCC1C2)NCCc1nccn1Cc1ccccc1. The van der Waals surface area contributed by atoms with Gasteiger partial charge in [-0.2, -0.15) is 0 Å². The van der Waals surface area contributed by atoms with E-state index in [9.17, 15) is 4.79 Å². The van der Waals surface area contributed by atoms with Crippen molar-refractivity contribution in [3.8, 4) is 0 Å². The minimum atomic E-state index is 0.221. The average molecular weight is 337 g/mol. The summed E-state index contributed by atoms with van der Waals surface area (Å²) >= 11 is 0. The van der Waals surface area contributed by atoms with Gasteiger partial charge in [0.15, 0.2) is 0 Å². The molecule has 2 aromatic rings. The minimum Gasteiger partial charge on any atom is -0.356 e. The van der Waals surface area contributed by atoms with Gasteiger partial charge in [-0.1, -0.05) is 36.8 Å². The summed E-state index contributed by atoms with van der Waals surface area (Å²) in [5, 5.41) is 3.11. The molecule has 2 bridgehead atoms. The van der Waals surface area contributed by atoms with Gasteiger partial charge in [0.25, 0.3) is 0 Å². The molecule has 3 unspecified atom stereocenters. The molecule has 0 spiro atoms. The van der Waals surface area contributed by atoms with Crippen molar-refractivity contribution in [1.82, 2.24) is 14.9 Å². The van der Waals surface area contributed by atoms with E-state index >= 15 is 0 Å². The van der Waals surface area contributed by atoms with Crippen LogP contribution in [0.2, 0.25) is 0 Å². The lowest BCUT2D eigenvalue weighted by molar-refractivity contribution is -0.122. The Hall–Kier alpha value is -2.10. The van der Waals surface area contributed by atoms with E-state index in [0.717, 1.165) is 37.0 Å². The molecule has 1 amide bonds. The molecular weight excluding hydrogens is 310 g/mol. The number of fused-ring (bicyclic) bond motifs is 2. The van der Waals surface area contributed by atoms with E-state index in [1.165, 1.54) is 31.2 Å². The lowest BCUT2D eigenvalue weighted by Gasteiger charge is -2.20. The second-order valence-corrected chi connectivity index (χ2v) is 7.70. The maximum Gasteiger partial charge on any atom is 0.220 e. The third kappa shape index (κ3) is 3.94. The van der Waals surface area contributed by atoms with Crippen LogP contribution in [0, 0.1) is 17.8 Å². The van der Waals surface area contributed by atoms with Crippen molar-refractivity contribution in [3.05, 3.63) is 54.1 Å². The third-order valence-corrected chi connectivity index (χ3v) is 6.00. The number of carbonyl (C=O) groups is 1. The fourth-order valence-corrected chi connectivity index (χ4v) is 4.74. The average Bonchev–Trinajstić information content (AvgIpc) is 3.34. The van der Waals surface area contributed by atoms with Gasteiger partial charge in [0.1, 0.15) is 5.82 Å². The van der Waals surface area contributed by atoms with Crippen LogP contribution in [0.25, 0.3) is 0 Å². The minimum absolute atomic E-state index is 0.221. The number of nitrogens with zero attached hydrogens (tertiary/aromatic N) is 2. The molecule has 132 valence electrons. The number of amides is 1. The van der Waals surface area contributed by atoms with Gasteiger partial charge in [0, 0.05) is 38.3 Å². The molecule has 1 N–H and O–H groups in total. The molecule has 3 atom stereocenters. The number of hydrogen-bond acceptors (Lipinski definition) is 2. The highest BCUT2D eigenvalue weighted by Gasteiger charge is 2.39. The first-order valence-electron chi connectivity index (χ1n) is 9.58. The van der Waals surface area contributed by atoms with Gasteiger partial charge >= 0.3 is 0 Å². The summed E-state index contributed by atoms with van der Waals surface area (Å²) in [5.74, 6) is 3.62. The number of rotatable bonds is 7. The highest BCUT2D eigenvalue weighted by atomic mass is 16.1. The number of aromatic nitrogens is 2. The van der Waals surface area contributed by atoms with E-state index in [0.29, 0.717) is 12.5 Å². The Morgan fingerprint density at radius 3 is 2.84 bits per heavy atom. The van der Waals surface area contributed by atoms with Crippen LogP contribution >= 0.6 is 0 Å². The van der Waals surface area contributed by atoms with Crippen molar-refractivity contribution in [3.63, 3.8) is 0 Å². The summed E-state index contributed by atoms with van der Waals surface area (Å²) in [5.41, 5.74) is 1.27. The molecule has 0 radical (unpaired) electrons. The molecule has 2 fully saturated rings. The van der Waals surface area contributed by atoms with Gasteiger partial charge in [0.2, 0.25) is 5.91 Å². The van der Waals surface area contributed by atoms with Crippen molar-refractivity contribution < 1.29 is 4.79 Å². The molecule has 0 aliphatic heterocycles. The standard InChI is InChI=1S/C21H27N3O/c25-21(14-19-13-17-6-7-18(19)12-17)23-9-8-20-22-10-11-24(20)15-16-4-2-1-3-5-16/h1-5,10-11,17-19H,6-9,12-15H2,(H,23,25). The molecule has 0 saturated heterocycles. The maximum atomic E-state index is 12.2. The zero-order valence-corrected chi connectivity index (χ0v) is 14.7. The fraction of sp³-hybridized carbons (Fsp3) is 0.524. The maximum absolute atomic E-state index is 12.2. The number of hydrogen-bond donors (Lipinski definition) is 1. The van der Waals surface area contributed by atoms with E-state index < -0.39 is 0 Å². The van der Waals surface area contributed by atoms with Crippen molar-refractivity contribution in [2.24, 2.45) is 17.8 Å². The van der Waals surface area contributed by atoms with Crippen LogP contribution in [0.15, 0.2) is 42.7 Å². The molecule has 1 aromatic heterocycles. The lowest BCUT2D eigenvalue weighted by atomic mass is 9.86. The Balaban J connectivity index is 1.24. The summed E-state index contributed by atoms with van der Waals surface area (Å²) in [6.07, 6.45) is 10.7. The molecule has 2 saturated carbocycles. The monoisotopic (exact) mass is 337 g/mol. The van der Waals surface area contributed by atoms with Crippen LogP contribution in [0.1, 0.15) is 43.5 Å². The van der Waals surface area contributed by atoms with Crippen LogP contribution in [0.5, 0.6) is 0 Å². The van der Waals surface area contributed by atoms with E-state index in [1.807, 2.05) is 18.5 Å². The van der Waals surface area contributed by atoms with Crippen LogP contribution in [0.3, 0.4) is 0 Å². The predicted octanol–water partition coefficient (Wildman–Crippen LogP) is 3.42. The van der Waals surface area contributed by atoms with E-state index in [-0.39, 0.29) is 5.91 Å². The van der Waals surface area contributed by atoms with Crippen molar-refractivity contribution in [2.45, 2.75) is 45.1 Å². The molecule has 4 heteroatoms. The zero-order chi connectivity index (χ0) is 17.1. The zero-order valence-electron chi connectivity index (χ0n) is 14.7. The molecule has 4 nitrogen and oxygen atoms in total. The Bertz CT molecular complexity index is 709. The number of benzene rings is 1. The molecule has 4 rings (SSSR count). The lowest BCUT2D eigenvalue weighted by Crippen LogP contribution is -2.29. The Kier molecular flexibility index (Phi) is 4.86. The van der Waals surface area contributed by atoms with Crippen molar-refractivity contribution >= 4 is 5.91 Å². The van der Waals surface area contributed by atoms with E-state index in [2.05, 4.69) is 39.1 Å². The summed E-state index contributed by atoms with van der Waals surface area (Å²) in [6, 6.07) is 10.4. The fourth-order valence-electron chi connectivity index (χ4n) is 4.74. The van der Waals surface area contributed by atoms with Gasteiger partial charge in [-0.25, -0.2) is 4.98 Å².